The van der Waals surface area contributed by atoms with Crippen molar-refractivity contribution in [2.24, 2.45) is 17.4 Å². The summed E-state index contributed by atoms with van der Waals surface area (Å²) in [7, 11) is 0. The Kier molecular flexibility index (Phi) is 11.0. The van der Waals surface area contributed by atoms with Gasteiger partial charge in [0, 0.05) is 6.42 Å². The first-order valence-corrected chi connectivity index (χ1v) is 10.8. The van der Waals surface area contributed by atoms with Crippen LogP contribution in [0.5, 0.6) is 5.75 Å². The molecule has 0 saturated heterocycles. The van der Waals surface area contributed by atoms with Crippen LogP contribution in [0.25, 0.3) is 0 Å². The summed E-state index contributed by atoms with van der Waals surface area (Å²) >= 11 is 0. The summed E-state index contributed by atoms with van der Waals surface area (Å²) in [4.78, 5) is 60.3. The van der Waals surface area contributed by atoms with Crippen molar-refractivity contribution in [1.82, 2.24) is 16.0 Å². The number of aromatic hydroxyl groups is 1. The first-order valence-electron chi connectivity index (χ1n) is 10.8. The number of hydrogen-bond acceptors (Lipinski definition) is 7. The second kappa shape index (κ2) is 13.1. The van der Waals surface area contributed by atoms with E-state index in [1.807, 2.05) is 0 Å². The standard InChI is InChI=1S/C22H33N5O7/c1-4-11(2)18(22(33)34)27-19(30)12(3)25-21(32)16(9-13-5-7-14(28)8-6-13)26-20(31)15(23)10-17(24)29/h5-8,11-12,15-16,18,28H,4,9-10,23H2,1-3H3,(H2,24,29)(H,25,32)(H,26,31)(H,27,30)(H,33,34). The third kappa shape index (κ3) is 9.06. The lowest BCUT2D eigenvalue weighted by molar-refractivity contribution is -0.143. The molecule has 1 rings (SSSR count). The van der Waals surface area contributed by atoms with Gasteiger partial charge >= 0.3 is 5.97 Å². The van der Waals surface area contributed by atoms with Gasteiger partial charge in [-0.15, -0.1) is 0 Å². The van der Waals surface area contributed by atoms with Crippen LogP contribution in [0.1, 0.15) is 39.2 Å². The van der Waals surface area contributed by atoms with E-state index in [2.05, 4.69) is 16.0 Å². The zero-order valence-electron chi connectivity index (χ0n) is 19.4. The molecule has 0 aliphatic rings. The molecule has 12 nitrogen and oxygen atoms in total. The van der Waals surface area contributed by atoms with Crippen molar-refractivity contribution in [3.8, 4) is 5.75 Å². The highest BCUT2D eigenvalue weighted by Gasteiger charge is 2.30. The molecule has 0 aliphatic carbocycles. The number of primary amides is 1. The number of amides is 4. The summed E-state index contributed by atoms with van der Waals surface area (Å²) in [5.74, 6) is -4.54. The van der Waals surface area contributed by atoms with Crippen molar-refractivity contribution >= 4 is 29.6 Å². The third-order valence-corrected chi connectivity index (χ3v) is 5.30. The molecule has 5 unspecified atom stereocenters. The van der Waals surface area contributed by atoms with E-state index >= 15 is 0 Å². The van der Waals surface area contributed by atoms with E-state index in [1.54, 1.807) is 26.0 Å². The van der Waals surface area contributed by atoms with Gasteiger partial charge in [0.15, 0.2) is 0 Å². The molecular weight excluding hydrogens is 446 g/mol. The predicted octanol–water partition coefficient (Wildman–Crippen LogP) is -1.26. The lowest BCUT2D eigenvalue weighted by Gasteiger charge is -2.25. The summed E-state index contributed by atoms with van der Waals surface area (Å²) in [5.41, 5.74) is 11.3. The highest BCUT2D eigenvalue weighted by atomic mass is 16.4. The Morgan fingerprint density at radius 3 is 2.03 bits per heavy atom. The van der Waals surface area contributed by atoms with Gasteiger partial charge in [0.2, 0.25) is 23.6 Å². The van der Waals surface area contributed by atoms with Crippen LogP contribution in [0.3, 0.4) is 0 Å². The Morgan fingerprint density at radius 1 is 0.941 bits per heavy atom. The zero-order chi connectivity index (χ0) is 26.0. The highest BCUT2D eigenvalue weighted by Crippen LogP contribution is 2.12. The molecule has 0 spiro atoms. The summed E-state index contributed by atoms with van der Waals surface area (Å²) in [5, 5.41) is 26.1. The van der Waals surface area contributed by atoms with Crippen LogP contribution in [0.15, 0.2) is 24.3 Å². The number of rotatable bonds is 13. The van der Waals surface area contributed by atoms with E-state index in [0.29, 0.717) is 12.0 Å². The molecular formula is C22H33N5O7. The monoisotopic (exact) mass is 479 g/mol. The fraction of sp³-hybridized carbons (Fsp3) is 0.500. The van der Waals surface area contributed by atoms with Crippen molar-refractivity contribution in [2.75, 3.05) is 0 Å². The summed E-state index contributed by atoms with van der Waals surface area (Å²) < 4.78 is 0. The Hall–Kier alpha value is -3.67. The molecule has 5 atom stereocenters. The minimum absolute atomic E-state index is 0.0110. The SMILES string of the molecule is CCC(C)C(NC(=O)C(C)NC(=O)C(Cc1ccc(O)cc1)NC(=O)C(N)CC(N)=O)C(=O)O. The van der Waals surface area contributed by atoms with Crippen molar-refractivity contribution < 1.29 is 34.2 Å². The smallest absolute Gasteiger partial charge is 0.326 e. The van der Waals surface area contributed by atoms with Gasteiger partial charge in [0.1, 0.15) is 23.9 Å². The number of carboxylic acid groups (broad SMARTS) is 1. The lowest BCUT2D eigenvalue weighted by atomic mass is 9.99. The van der Waals surface area contributed by atoms with E-state index in [-0.39, 0.29) is 18.1 Å². The average molecular weight is 480 g/mol. The van der Waals surface area contributed by atoms with E-state index in [0.717, 1.165) is 0 Å². The Balaban J connectivity index is 2.97. The number of aliphatic carboxylic acids is 1. The van der Waals surface area contributed by atoms with Gasteiger partial charge < -0.3 is 37.6 Å². The zero-order valence-corrected chi connectivity index (χ0v) is 19.4. The number of phenols is 1. The summed E-state index contributed by atoms with van der Waals surface area (Å²) in [6.07, 6.45) is 0.0781. The fourth-order valence-electron chi connectivity index (χ4n) is 3.01. The van der Waals surface area contributed by atoms with Crippen LogP contribution in [-0.4, -0.2) is 64.0 Å². The van der Waals surface area contributed by atoms with Crippen molar-refractivity contribution in [1.29, 1.82) is 0 Å². The number of carboxylic acids is 1. The number of carbonyl (C=O) groups excluding carboxylic acids is 4. The third-order valence-electron chi connectivity index (χ3n) is 5.30. The molecule has 0 fully saturated rings. The fourth-order valence-corrected chi connectivity index (χ4v) is 3.01. The topological polar surface area (TPSA) is 214 Å². The van der Waals surface area contributed by atoms with Gasteiger partial charge in [0.25, 0.3) is 0 Å². The number of hydrogen-bond donors (Lipinski definition) is 7. The summed E-state index contributed by atoms with van der Waals surface area (Å²) in [6, 6.07) is 1.20. The van der Waals surface area contributed by atoms with Crippen LogP contribution in [-0.2, 0) is 30.4 Å². The molecule has 0 radical (unpaired) electrons. The lowest BCUT2D eigenvalue weighted by Crippen LogP contribution is -2.57. The molecule has 0 saturated carbocycles. The second-order valence-electron chi connectivity index (χ2n) is 8.15. The van der Waals surface area contributed by atoms with Crippen LogP contribution >= 0.6 is 0 Å². The molecule has 4 amide bonds. The molecule has 12 heteroatoms. The molecule has 1 aromatic rings. The Bertz CT molecular complexity index is 890. The number of carbonyl (C=O) groups is 5. The maximum absolute atomic E-state index is 12.9. The molecule has 188 valence electrons. The average Bonchev–Trinajstić information content (AvgIpc) is 2.76. The van der Waals surface area contributed by atoms with Crippen LogP contribution in [0.2, 0.25) is 0 Å². The molecule has 0 bridgehead atoms. The van der Waals surface area contributed by atoms with Gasteiger partial charge in [-0.3, -0.25) is 19.2 Å². The van der Waals surface area contributed by atoms with Crippen molar-refractivity contribution in [2.45, 2.75) is 64.2 Å². The molecule has 0 aliphatic heterocycles. The Labute approximate surface area is 197 Å². The number of benzene rings is 1. The highest BCUT2D eigenvalue weighted by molar-refractivity contribution is 5.95. The first-order chi connectivity index (χ1) is 15.8. The maximum atomic E-state index is 12.9. The molecule has 34 heavy (non-hydrogen) atoms. The summed E-state index contributed by atoms with van der Waals surface area (Å²) in [6.45, 7) is 4.85. The molecule has 0 heterocycles. The molecule has 0 aromatic heterocycles. The number of nitrogens with two attached hydrogens (primary N) is 2. The molecule has 1 aromatic carbocycles. The second-order valence-corrected chi connectivity index (χ2v) is 8.15. The van der Waals surface area contributed by atoms with Crippen LogP contribution < -0.4 is 27.4 Å². The van der Waals surface area contributed by atoms with Gasteiger partial charge in [-0.2, -0.15) is 0 Å². The normalized spacial score (nSPS) is 15.2. The van der Waals surface area contributed by atoms with Gasteiger partial charge in [-0.25, -0.2) is 4.79 Å². The van der Waals surface area contributed by atoms with Crippen LogP contribution in [0.4, 0.5) is 0 Å². The number of phenolic OH excluding ortho intramolecular Hbond substituents is 1. The van der Waals surface area contributed by atoms with E-state index in [1.165, 1.54) is 19.1 Å². The largest absolute Gasteiger partial charge is 0.508 e. The maximum Gasteiger partial charge on any atom is 0.326 e. The molecule has 9 N–H and O–H groups in total. The van der Waals surface area contributed by atoms with Crippen molar-refractivity contribution in [3.05, 3.63) is 29.8 Å². The van der Waals surface area contributed by atoms with Gasteiger partial charge in [-0.1, -0.05) is 32.4 Å². The van der Waals surface area contributed by atoms with E-state index < -0.39 is 60.2 Å². The van der Waals surface area contributed by atoms with Crippen molar-refractivity contribution in [3.63, 3.8) is 0 Å². The number of nitrogens with one attached hydrogen (secondary N) is 3. The van der Waals surface area contributed by atoms with E-state index in [4.69, 9.17) is 11.5 Å². The predicted molar refractivity (Wildman–Crippen MR) is 122 cm³/mol. The van der Waals surface area contributed by atoms with E-state index in [9.17, 15) is 34.2 Å². The minimum Gasteiger partial charge on any atom is -0.508 e. The quantitative estimate of drug-likeness (QED) is 0.181. The Morgan fingerprint density at radius 2 is 1.53 bits per heavy atom. The minimum atomic E-state index is -1.28. The van der Waals surface area contributed by atoms with Gasteiger partial charge in [-0.05, 0) is 30.5 Å². The first kappa shape index (κ1) is 28.4. The van der Waals surface area contributed by atoms with Crippen LogP contribution in [0, 0.1) is 5.92 Å². The van der Waals surface area contributed by atoms with Gasteiger partial charge in [0.05, 0.1) is 12.5 Å².